The summed E-state index contributed by atoms with van der Waals surface area (Å²) in [7, 11) is 0. The van der Waals surface area contributed by atoms with E-state index >= 15 is 0 Å². The number of nitrogens with zero attached hydrogens (tertiary/aromatic N) is 1. The average molecular weight is 295 g/mol. The normalized spacial score (nSPS) is 35.5. The molecule has 3 atom stereocenters. The molecule has 0 aromatic heterocycles. The number of carboxylic acid groups (broad SMARTS) is 1. The van der Waals surface area contributed by atoms with E-state index in [1.165, 1.54) is 4.90 Å². The zero-order valence-electron chi connectivity index (χ0n) is 11.9. The highest BCUT2D eigenvalue weighted by Gasteiger charge is 2.58. The Balaban J connectivity index is 1.89. The largest absolute Gasteiger partial charge is 0.479 e. The van der Waals surface area contributed by atoms with Crippen molar-refractivity contribution in [3.8, 4) is 0 Å². The van der Waals surface area contributed by atoms with Crippen molar-refractivity contribution in [2.75, 3.05) is 19.6 Å². The van der Waals surface area contributed by atoms with Gasteiger partial charge in [-0.05, 0) is 45.2 Å². The van der Waals surface area contributed by atoms with Gasteiger partial charge in [-0.1, -0.05) is 0 Å². The summed E-state index contributed by atoms with van der Waals surface area (Å²) in [5.74, 6) is -1.78. The maximum absolute atomic E-state index is 12.8. The quantitative estimate of drug-likeness (QED) is 0.582. The summed E-state index contributed by atoms with van der Waals surface area (Å²) in [5.41, 5.74) is -1.67. The third kappa shape index (κ3) is 2.15. The molecular weight excluding hydrogens is 274 g/mol. The number of nitrogens with one attached hydrogen (secondary N) is 2. The van der Waals surface area contributed by atoms with Gasteiger partial charge in [-0.25, -0.2) is 4.79 Å². The Bertz CT molecular complexity index is 471. The van der Waals surface area contributed by atoms with Gasteiger partial charge in [0.15, 0.2) is 5.78 Å². The van der Waals surface area contributed by atoms with E-state index in [9.17, 15) is 19.5 Å². The fraction of sp³-hybridized carbons (Fsp3) is 0.786. The Hall–Kier alpha value is -1.47. The van der Waals surface area contributed by atoms with Gasteiger partial charge >= 0.3 is 5.97 Å². The molecule has 0 aliphatic carbocycles. The first-order valence-corrected chi connectivity index (χ1v) is 7.63. The van der Waals surface area contributed by atoms with Crippen LogP contribution in [0.4, 0.5) is 0 Å². The van der Waals surface area contributed by atoms with E-state index in [2.05, 4.69) is 10.6 Å². The zero-order chi connectivity index (χ0) is 15.0. The first-order chi connectivity index (χ1) is 10.1. The van der Waals surface area contributed by atoms with Gasteiger partial charge in [0.1, 0.15) is 0 Å². The summed E-state index contributed by atoms with van der Waals surface area (Å²) >= 11 is 0. The molecule has 0 bridgehead atoms. The lowest BCUT2D eigenvalue weighted by atomic mass is 9.85. The number of amides is 1. The van der Waals surface area contributed by atoms with E-state index in [0.29, 0.717) is 25.8 Å². The number of hydrogen-bond acceptors (Lipinski definition) is 5. The topological polar surface area (TPSA) is 98.7 Å². The Morgan fingerprint density at radius 2 is 1.76 bits per heavy atom. The van der Waals surface area contributed by atoms with E-state index in [4.69, 9.17) is 0 Å². The monoisotopic (exact) mass is 295 g/mol. The zero-order valence-corrected chi connectivity index (χ0v) is 11.9. The van der Waals surface area contributed by atoms with Crippen molar-refractivity contribution in [2.24, 2.45) is 0 Å². The van der Waals surface area contributed by atoms with Crippen molar-refractivity contribution in [3.63, 3.8) is 0 Å². The van der Waals surface area contributed by atoms with E-state index in [-0.39, 0.29) is 24.2 Å². The SMILES string of the molecule is O=C(C1CCN1)N1CCC[C@]1(C(=O)O)C(=O)[C@@H]1CCCN1. The van der Waals surface area contributed by atoms with Crippen LogP contribution >= 0.6 is 0 Å². The van der Waals surface area contributed by atoms with Gasteiger partial charge in [-0.15, -0.1) is 0 Å². The molecule has 1 amide bonds. The molecule has 0 aromatic rings. The lowest BCUT2D eigenvalue weighted by molar-refractivity contribution is -0.163. The summed E-state index contributed by atoms with van der Waals surface area (Å²) < 4.78 is 0. The second kappa shape index (κ2) is 5.38. The molecule has 3 aliphatic heterocycles. The molecule has 3 N–H and O–H groups in total. The van der Waals surface area contributed by atoms with Crippen LogP contribution in [0.15, 0.2) is 0 Å². The summed E-state index contributed by atoms with van der Waals surface area (Å²) in [6.07, 6.45) is 3.00. The van der Waals surface area contributed by atoms with Crippen LogP contribution in [-0.4, -0.2) is 64.9 Å². The number of Topliss-reactive ketones (excluding diaryl/α,β-unsaturated/α-hetero) is 1. The summed E-state index contributed by atoms with van der Waals surface area (Å²) in [4.78, 5) is 38.5. The molecule has 0 aromatic carbocycles. The van der Waals surface area contributed by atoms with Crippen LogP contribution in [0.25, 0.3) is 0 Å². The number of hydrogen-bond donors (Lipinski definition) is 3. The summed E-state index contributed by atoms with van der Waals surface area (Å²) in [6, 6.07) is -0.769. The van der Waals surface area contributed by atoms with Crippen LogP contribution in [0.5, 0.6) is 0 Å². The molecular formula is C14H21N3O4. The van der Waals surface area contributed by atoms with E-state index in [0.717, 1.165) is 19.5 Å². The van der Waals surface area contributed by atoms with Crippen LogP contribution in [0.2, 0.25) is 0 Å². The molecule has 3 heterocycles. The minimum absolute atomic E-state index is 0.220. The van der Waals surface area contributed by atoms with Crippen molar-refractivity contribution in [3.05, 3.63) is 0 Å². The molecule has 3 saturated heterocycles. The van der Waals surface area contributed by atoms with Gasteiger partial charge in [-0.3, -0.25) is 9.59 Å². The second-order valence-electron chi connectivity index (χ2n) is 6.07. The van der Waals surface area contributed by atoms with E-state index in [1.54, 1.807) is 0 Å². The third-order valence-electron chi connectivity index (χ3n) is 4.91. The van der Waals surface area contributed by atoms with Crippen molar-refractivity contribution in [2.45, 2.75) is 49.7 Å². The molecule has 116 valence electrons. The Labute approximate surface area is 123 Å². The first kappa shape index (κ1) is 14.5. The Kier molecular flexibility index (Phi) is 3.71. The third-order valence-corrected chi connectivity index (χ3v) is 4.91. The molecule has 3 rings (SSSR count). The molecule has 0 radical (unpaired) electrons. The first-order valence-electron chi connectivity index (χ1n) is 7.63. The number of carbonyl (C=O) groups excluding carboxylic acids is 2. The van der Waals surface area contributed by atoms with Gasteiger partial charge in [0.25, 0.3) is 0 Å². The lowest BCUT2D eigenvalue weighted by Crippen LogP contribution is -2.66. The molecule has 3 fully saturated rings. The van der Waals surface area contributed by atoms with Crippen molar-refractivity contribution < 1.29 is 19.5 Å². The predicted molar refractivity (Wildman–Crippen MR) is 73.8 cm³/mol. The average Bonchev–Trinajstić information content (AvgIpc) is 3.05. The molecule has 3 aliphatic rings. The van der Waals surface area contributed by atoms with Crippen LogP contribution in [0.1, 0.15) is 32.1 Å². The van der Waals surface area contributed by atoms with Crippen LogP contribution in [-0.2, 0) is 14.4 Å². The minimum Gasteiger partial charge on any atom is -0.479 e. The van der Waals surface area contributed by atoms with E-state index in [1.807, 2.05) is 0 Å². The standard InChI is InChI=1S/C14H21N3O4/c18-11(9-3-1-6-15-9)14(13(20)21)5-2-8-17(14)12(19)10-4-7-16-10/h9-10,15-16H,1-8H2,(H,20,21)/t9-,10?,14+/m0/s1. The highest BCUT2D eigenvalue weighted by molar-refractivity contribution is 6.13. The second-order valence-corrected chi connectivity index (χ2v) is 6.07. The molecule has 7 heteroatoms. The van der Waals surface area contributed by atoms with Gasteiger partial charge in [-0.2, -0.15) is 0 Å². The fourth-order valence-corrected chi connectivity index (χ4v) is 3.59. The highest BCUT2D eigenvalue weighted by atomic mass is 16.4. The van der Waals surface area contributed by atoms with Gasteiger partial charge in [0.05, 0.1) is 12.1 Å². The Morgan fingerprint density at radius 3 is 2.29 bits per heavy atom. The summed E-state index contributed by atoms with van der Waals surface area (Å²) in [6.45, 7) is 1.84. The number of carboxylic acids is 1. The highest BCUT2D eigenvalue weighted by Crippen LogP contribution is 2.34. The smallest absolute Gasteiger partial charge is 0.337 e. The van der Waals surface area contributed by atoms with Crippen LogP contribution in [0.3, 0.4) is 0 Å². The van der Waals surface area contributed by atoms with Gasteiger partial charge in [0, 0.05) is 6.54 Å². The molecule has 21 heavy (non-hydrogen) atoms. The number of likely N-dealkylation sites (tertiary alicyclic amines) is 1. The molecule has 0 spiro atoms. The number of aliphatic carboxylic acids is 1. The molecule has 0 saturated carbocycles. The van der Waals surface area contributed by atoms with Crippen molar-refractivity contribution >= 4 is 17.7 Å². The van der Waals surface area contributed by atoms with E-state index < -0.39 is 17.6 Å². The van der Waals surface area contributed by atoms with Gasteiger partial charge < -0.3 is 20.6 Å². The number of ketones is 1. The van der Waals surface area contributed by atoms with Crippen molar-refractivity contribution in [1.29, 1.82) is 0 Å². The van der Waals surface area contributed by atoms with Crippen molar-refractivity contribution in [1.82, 2.24) is 15.5 Å². The number of rotatable bonds is 4. The number of carbonyl (C=O) groups is 3. The van der Waals surface area contributed by atoms with Gasteiger partial charge in [0.2, 0.25) is 11.4 Å². The minimum atomic E-state index is -1.67. The van der Waals surface area contributed by atoms with Crippen LogP contribution in [0, 0.1) is 0 Å². The maximum atomic E-state index is 12.8. The molecule has 1 unspecified atom stereocenters. The predicted octanol–water partition coefficient (Wildman–Crippen LogP) is -0.885. The molecule has 7 nitrogen and oxygen atoms in total. The fourth-order valence-electron chi connectivity index (χ4n) is 3.59. The summed E-state index contributed by atoms with van der Waals surface area (Å²) in [5, 5.41) is 15.8. The maximum Gasteiger partial charge on any atom is 0.337 e. The lowest BCUT2D eigenvalue weighted by Gasteiger charge is -2.39. The van der Waals surface area contributed by atoms with Crippen LogP contribution < -0.4 is 10.6 Å². The Morgan fingerprint density at radius 1 is 1.05 bits per heavy atom.